The Morgan fingerprint density at radius 3 is 1.09 bits per heavy atom. The van der Waals surface area contributed by atoms with Gasteiger partial charge in [0.2, 0.25) is 17.7 Å². The van der Waals surface area contributed by atoms with Gasteiger partial charge in [-0.05, 0) is 0 Å². The van der Waals surface area contributed by atoms with Gasteiger partial charge in [0.25, 0.3) is 0 Å². The first kappa shape index (κ1) is 73.1. The van der Waals surface area contributed by atoms with Gasteiger partial charge >= 0.3 is 0 Å². The molecule has 24 N–H and O–H groups in total. The molecule has 0 radical (unpaired) electrons. The van der Waals surface area contributed by atoms with Crippen LogP contribution < -0.4 is 16.0 Å². The summed E-state index contributed by atoms with van der Waals surface area (Å²) in [5, 5.41) is 232. The number of carbonyl (C=O) groups excluding carboxylic acids is 3. The Bertz CT molecular complexity index is 2130. The minimum atomic E-state index is -2.40. The van der Waals surface area contributed by atoms with Crippen molar-refractivity contribution in [2.45, 2.75) is 229 Å². The molecule has 0 bridgehead atoms. The zero-order chi connectivity index (χ0) is 64.6. The van der Waals surface area contributed by atoms with E-state index in [2.05, 4.69) is 16.0 Å². The second kappa shape index (κ2) is 32.6. The summed E-state index contributed by atoms with van der Waals surface area (Å²) in [5.74, 6) is -2.68. The van der Waals surface area contributed by atoms with Crippen molar-refractivity contribution in [3.8, 4) is 0 Å². The monoisotopic (exact) mass is 1280 g/mol. The van der Waals surface area contributed by atoms with Crippen LogP contribution in [0.3, 0.4) is 0 Å². The molecule has 3 amide bonds. The Balaban J connectivity index is 1.34. The van der Waals surface area contributed by atoms with Crippen molar-refractivity contribution >= 4 is 17.7 Å². The minimum Gasteiger partial charge on any atom is -0.394 e. The maximum Gasteiger partial charge on any atom is 0.217 e. The number of aliphatic hydroxyl groups excluding tert-OH is 21. The van der Waals surface area contributed by atoms with E-state index in [4.69, 9.17) is 56.8 Å². The van der Waals surface area contributed by atoms with E-state index in [1.54, 1.807) is 0 Å². The molecule has 0 unspecified atom stereocenters. The van der Waals surface area contributed by atoms with Crippen molar-refractivity contribution in [3.05, 3.63) is 0 Å². The van der Waals surface area contributed by atoms with Crippen LogP contribution in [-0.4, -0.2) is 386 Å². The first-order chi connectivity index (χ1) is 41.1. The first-order valence-corrected chi connectivity index (χ1v) is 27.5. The van der Waals surface area contributed by atoms with Gasteiger partial charge in [-0.1, -0.05) is 0 Å². The van der Waals surface area contributed by atoms with E-state index in [9.17, 15) is 122 Å². The van der Waals surface area contributed by atoms with Gasteiger partial charge in [0.15, 0.2) is 37.7 Å². The number of hydrogen-bond donors (Lipinski definition) is 24. The second-order valence-corrected chi connectivity index (χ2v) is 21.6. The number of ether oxygens (including phenoxy) is 12. The molecule has 6 fully saturated rings. The fourth-order valence-electron chi connectivity index (χ4n) is 10.7. The van der Waals surface area contributed by atoms with Crippen LogP contribution in [0.15, 0.2) is 0 Å². The molecule has 6 aliphatic heterocycles. The summed E-state index contributed by atoms with van der Waals surface area (Å²) in [5.41, 5.74) is 0. The molecule has 0 saturated carbocycles. The van der Waals surface area contributed by atoms with E-state index >= 15 is 0 Å². The maximum atomic E-state index is 12.8. The zero-order valence-corrected chi connectivity index (χ0v) is 46.8. The highest BCUT2D eigenvalue weighted by molar-refractivity contribution is 5.74. The quantitative estimate of drug-likeness (QED) is 0.0382. The van der Waals surface area contributed by atoms with Gasteiger partial charge in [0.05, 0.1) is 52.9 Å². The van der Waals surface area contributed by atoms with Gasteiger partial charge in [-0.25, -0.2) is 0 Å². The van der Waals surface area contributed by atoms with Crippen LogP contribution >= 0.6 is 0 Å². The highest BCUT2D eigenvalue weighted by Gasteiger charge is 2.58. The number of amides is 3. The van der Waals surface area contributed by atoms with Crippen LogP contribution in [0.1, 0.15) is 20.8 Å². The Morgan fingerprint density at radius 2 is 0.701 bits per heavy atom. The lowest BCUT2D eigenvalue weighted by atomic mass is 9.94. The van der Waals surface area contributed by atoms with Gasteiger partial charge in [0.1, 0.15) is 171 Å². The molecule has 0 aromatic carbocycles. The zero-order valence-electron chi connectivity index (χ0n) is 46.8. The van der Waals surface area contributed by atoms with Crippen molar-refractivity contribution in [2.75, 3.05) is 52.9 Å². The van der Waals surface area contributed by atoms with Gasteiger partial charge in [-0.3, -0.25) is 14.4 Å². The average molecular weight is 1280 g/mol. The van der Waals surface area contributed by atoms with Crippen molar-refractivity contribution in [1.29, 1.82) is 0 Å². The Hall–Kier alpha value is -2.91. The molecule has 506 valence electrons. The molecular formula is C48H83N3O36. The first-order valence-electron chi connectivity index (χ1n) is 27.5. The summed E-state index contributed by atoms with van der Waals surface area (Å²) in [7, 11) is 0. The predicted octanol–water partition coefficient (Wildman–Crippen LogP) is -16.2. The lowest BCUT2D eigenvalue weighted by molar-refractivity contribution is -0.383. The summed E-state index contributed by atoms with van der Waals surface area (Å²) in [6, 6.07) is -5.51. The smallest absolute Gasteiger partial charge is 0.217 e. The number of aliphatic hydroxyl groups is 21. The van der Waals surface area contributed by atoms with Gasteiger partial charge in [0, 0.05) is 20.8 Å². The molecule has 0 aromatic heterocycles. The van der Waals surface area contributed by atoms with E-state index < -0.39 is 279 Å². The fourth-order valence-corrected chi connectivity index (χ4v) is 10.7. The molecule has 6 saturated heterocycles. The Kier molecular flexibility index (Phi) is 27.4. The summed E-state index contributed by atoms with van der Waals surface area (Å²) >= 11 is 0. The molecule has 39 nitrogen and oxygen atoms in total. The van der Waals surface area contributed by atoms with Crippen LogP contribution in [0, 0.1) is 0 Å². The third-order valence-electron chi connectivity index (χ3n) is 15.4. The number of hydrogen-bond acceptors (Lipinski definition) is 36. The number of nitrogens with one attached hydrogen (secondary N) is 3. The topological polar surface area (TPSA) is 623 Å². The summed E-state index contributed by atoms with van der Waals surface area (Å²) < 4.78 is 69.9. The van der Waals surface area contributed by atoms with Crippen molar-refractivity contribution < 1.29 is 178 Å². The molecule has 0 spiro atoms. The van der Waals surface area contributed by atoms with Crippen LogP contribution in [0.4, 0.5) is 0 Å². The van der Waals surface area contributed by atoms with Gasteiger partial charge in [-0.2, -0.15) is 0 Å². The summed E-state index contributed by atoms with van der Waals surface area (Å²) in [6.45, 7) is -5.43. The molecule has 6 heterocycles. The van der Waals surface area contributed by atoms with E-state index in [0.29, 0.717) is 0 Å². The SMILES string of the molecule is CC(=O)N[C@H]1[C@H](OC[C@H]2O[C@@H](O[C@H]3[C@H](O)[C@@H](NC(C)=O)[C@H](O[C@@H]([C@@H](O)[C@H](O)CO)[C@@H](O)CO)O[C@@H]3CO)[C@H](O)[C@@H](O[C@@H]3O[C@H](CO)[C@@H](O[C@@H]4O[C@H](CO)[C@H](O)[C@H](O)[C@H]4O)[C@H](O)[C@H]3NC(C)=O)[C@H]2O)O[C@H](CO)[C@@H](O[C@@H]2O[C@H](CO)[C@H](O)[C@H](O)[C@H]2O)[C@@H]1O. The van der Waals surface area contributed by atoms with E-state index in [1.165, 1.54) is 0 Å². The third kappa shape index (κ3) is 16.8. The standard InChI is InChI=1S/C48H83N3O36/c1-12(59)49-23-30(68)39(84-46-35(73)33(71)27(65)17(6-54)77-46)19(8-56)79-43(23)76-11-22-29(67)42(87-45-25(51-14(3)61)32(70)40(20(9-57)81-45)85-47-36(74)34(72)28(66)18(7-55)78-47)37(75)48(82-22)86-41-21(10-58)80-44(24(31(41)69)50-13(2)60)83-38(16(63)5-53)26(64)15(62)4-52/h15-48,52-58,62-75H,4-11H2,1-3H3,(H,49,59)(H,50,60)(H,51,61)/t15-,16+,17-,18-,19-,20-,21-,22-,23-,24-,25-,26+,27+,28+,29+,30-,31-,32-,33+,34+,35-,36-,37-,38-,39-,40-,41-,42+,43-,44+,45+,46+,47+,48+/m1/s1. The van der Waals surface area contributed by atoms with Crippen molar-refractivity contribution in [1.82, 2.24) is 16.0 Å². The molecule has 0 aliphatic carbocycles. The summed E-state index contributed by atoms with van der Waals surface area (Å²) in [6.07, 6.45) is -61.6. The number of rotatable bonds is 26. The second-order valence-electron chi connectivity index (χ2n) is 21.6. The largest absolute Gasteiger partial charge is 0.394 e. The van der Waals surface area contributed by atoms with Gasteiger partial charge in [-0.15, -0.1) is 0 Å². The van der Waals surface area contributed by atoms with Crippen LogP contribution in [0.2, 0.25) is 0 Å². The normalized spacial score (nSPS) is 45.1. The van der Waals surface area contributed by atoms with Crippen molar-refractivity contribution in [3.63, 3.8) is 0 Å². The molecule has 6 aliphatic rings. The molecule has 39 heteroatoms. The highest BCUT2D eigenvalue weighted by atomic mass is 16.8. The third-order valence-corrected chi connectivity index (χ3v) is 15.4. The fraction of sp³-hybridized carbons (Fsp3) is 0.938. The number of carbonyl (C=O) groups is 3. The lowest BCUT2D eigenvalue weighted by Crippen LogP contribution is -2.70. The average Bonchev–Trinajstić information content (AvgIpc) is 0.898. The molecule has 34 atom stereocenters. The maximum absolute atomic E-state index is 12.8. The summed E-state index contributed by atoms with van der Waals surface area (Å²) in [4.78, 5) is 38.1. The Labute approximate surface area is 493 Å². The predicted molar refractivity (Wildman–Crippen MR) is 269 cm³/mol. The van der Waals surface area contributed by atoms with Crippen LogP contribution in [-0.2, 0) is 71.2 Å². The van der Waals surface area contributed by atoms with E-state index in [0.717, 1.165) is 20.8 Å². The Morgan fingerprint density at radius 1 is 0.368 bits per heavy atom. The molecule has 0 aromatic rings. The van der Waals surface area contributed by atoms with Crippen LogP contribution in [0.25, 0.3) is 0 Å². The lowest BCUT2D eigenvalue weighted by Gasteiger charge is -2.50. The van der Waals surface area contributed by atoms with Crippen LogP contribution in [0.5, 0.6) is 0 Å². The molecule has 87 heavy (non-hydrogen) atoms. The van der Waals surface area contributed by atoms with E-state index in [1.807, 2.05) is 0 Å². The highest BCUT2D eigenvalue weighted by Crippen LogP contribution is 2.37. The minimum absolute atomic E-state index is 0.856. The van der Waals surface area contributed by atoms with Gasteiger partial charge < -0.3 is 180 Å². The van der Waals surface area contributed by atoms with E-state index in [-0.39, 0.29) is 0 Å². The molecule has 6 rings (SSSR count). The molecular weight excluding hydrogens is 1190 g/mol. The van der Waals surface area contributed by atoms with Crippen molar-refractivity contribution in [2.24, 2.45) is 0 Å².